The van der Waals surface area contributed by atoms with Gasteiger partial charge in [0.05, 0.1) is 5.92 Å². The van der Waals surface area contributed by atoms with E-state index in [-0.39, 0.29) is 5.92 Å². The molecule has 0 aromatic heterocycles. The second-order valence-corrected chi connectivity index (χ2v) is 8.75. The molecule has 3 rings (SSSR count). The number of nitrogens with one attached hydrogen (secondary N) is 2. The number of urea groups is 1. The Morgan fingerprint density at radius 3 is 2.48 bits per heavy atom. The molecule has 8 nitrogen and oxygen atoms in total. The van der Waals surface area contributed by atoms with Crippen molar-refractivity contribution in [1.29, 1.82) is 0 Å². The van der Waals surface area contributed by atoms with Crippen molar-refractivity contribution in [3.8, 4) is 0 Å². The molecule has 2 N–H and O–H groups in total. The third-order valence-electron chi connectivity index (χ3n) is 6.50. The van der Waals surface area contributed by atoms with Gasteiger partial charge in [-0.15, -0.1) is 0 Å². The molecule has 0 bridgehead atoms. The van der Waals surface area contributed by atoms with Crippen LogP contribution in [0.1, 0.15) is 64.4 Å². The van der Waals surface area contributed by atoms with Crippen LogP contribution in [0.3, 0.4) is 0 Å². The smallest absolute Gasteiger partial charge is 0.344 e. The van der Waals surface area contributed by atoms with E-state index in [0.717, 1.165) is 29.8 Å². The molecule has 8 heteroatoms. The summed E-state index contributed by atoms with van der Waals surface area (Å²) in [5.41, 5.74) is 2.18. The zero-order valence-electron chi connectivity index (χ0n) is 18.3. The molecule has 2 atom stereocenters. The van der Waals surface area contributed by atoms with Gasteiger partial charge in [0.15, 0.2) is 6.61 Å². The summed E-state index contributed by atoms with van der Waals surface area (Å²) in [4.78, 5) is 50.2. The predicted molar refractivity (Wildman–Crippen MR) is 113 cm³/mol. The lowest BCUT2D eigenvalue weighted by Gasteiger charge is -2.33. The van der Waals surface area contributed by atoms with E-state index in [9.17, 15) is 19.2 Å². The first kappa shape index (κ1) is 22.8. The minimum Gasteiger partial charge on any atom is -0.455 e. The molecule has 31 heavy (non-hydrogen) atoms. The number of hydrogen-bond acceptors (Lipinski definition) is 5. The van der Waals surface area contributed by atoms with Gasteiger partial charge in [-0.1, -0.05) is 57.5 Å². The Balaban J connectivity index is 1.58. The highest BCUT2D eigenvalue weighted by molar-refractivity contribution is 6.08. The number of hydrazine groups is 1. The quantitative estimate of drug-likeness (QED) is 0.512. The Hall–Kier alpha value is -2.90. The van der Waals surface area contributed by atoms with Crippen LogP contribution in [0.25, 0.3) is 0 Å². The van der Waals surface area contributed by atoms with Crippen molar-refractivity contribution in [2.75, 3.05) is 6.61 Å². The van der Waals surface area contributed by atoms with Gasteiger partial charge < -0.3 is 10.1 Å². The fraction of sp³-hybridized carbons (Fsp3) is 0.565. The van der Waals surface area contributed by atoms with Crippen LogP contribution in [-0.4, -0.2) is 41.0 Å². The van der Waals surface area contributed by atoms with Crippen LogP contribution in [0, 0.1) is 11.8 Å². The number of imide groups is 1. The number of nitrogens with zero attached hydrogens (tertiary/aromatic N) is 1. The van der Waals surface area contributed by atoms with E-state index in [1.165, 1.54) is 0 Å². The lowest BCUT2D eigenvalue weighted by molar-refractivity contribution is -0.153. The van der Waals surface area contributed by atoms with Gasteiger partial charge in [-0.2, -0.15) is 5.01 Å². The van der Waals surface area contributed by atoms with Crippen molar-refractivity contribution >= 4 is 23.8 Å². The lowest BCUT2D eigenvalue weighted by atomic mass is 9.77. The van der Waals surface area contributed by atoms with Crippen LogP contribution >= 0.6 is 0 Å². The van der Waals surface area contributed by atoms with Crippen LogP contribution in [0.4, 0.5) is 4.79 Å². The topological polar surface area (TPSA) is 105 Å². The number of benzene rings is 1. The molecule has 2 fully saturated rings. The standard InChI is InChI=1S/C23H31N3O5/c1-4-16(3)19(17-8-6-5-7-9-17)20(28)31-14-18(27)25-26-21(29)23(24-22(26)30)12-10-15(2)11-13-23/h5-9,15-16,19H,4,10-14H2,1-3H3,(H,24,30)(H,25,27)/t15?,16-,19+,23?/m1/s1. The predicted octanol–water partition coefficient (Wildman–Crippen LogP) is 2.89. The summed E-state index contributed by atoms with van der Waals surface area (Å²) in [7, 11) is 0. The maximum atomic E-state index is 12.8. The van der Waals surface area contributed by atoms with E-state index >= 15 is 0 Å². The molecular weight excluding hydrogens is 398 g/mol. The molecule has 0 radical (unpaired) electrons. The molecule has 1 aromatic rings. The van der Waals surface area contributed by atoms with E-state index in [1.807, 2.05) is 44.2 Å². The van der Waals surface area contributed by atoms with Crippen LogP contribution < -0.4 is 10.7 Å². The summed E-state index contributed by atoms with van der Waals surface area (Å²) in [6.45, 7) is 5.49. The number of amides is 4. The van der Waals surface area contributed by atoms with Crippen LogP contribution in [-0.2, 0) is 19.1 Å². The second-order valence-electron chi connectivity index (χ2n) is 8.75. The fourth-order valence-electron chi connectivity index (χ4n) is 4.29. The summed E-state index contributed by atoms with van der Waals surface area (Å²) in [6, 6.07) is 8.63. The van der Waals surface area contributed by atoms with Crippen molar-refractivity contribution in [3.63, 3.8) is 0 Å². The highest BCUT2D eigenvalue weighted by atomic mass is 16.5. The number of carbonyl (C=O) groups is 4. The van der Waals surface area contributed by atoms with Crippen molar-refractivity contribution in [3.05, 3.63) is 35.9 Å². The van der Waals surface area contributed by atoms with Crippen LogP contribution in [0.5, 0.6) is 0 Å². The minimum absolute atomic E-state index is 0.0254. The summed E-state index contributed by atoms with van der Waals surface area (Å²) >= 11 is 0. The Bertz CT molecular complexity index is 833. The van der Waals surface area contributed by atoms with Crippen molar-refractivity contribution < 1.29 is 23.9 Å². The molecule has 1 saturated heterocycles. The Morgan fingerprint density at radius 1 is 1.23 bits per heavy atom. The van der Waals surface area contributed by atoms with Crippen molar-refractivity contribution in [2.24, 2.45) is 11.8 Å². The average Bonchev–Trinajstić information content (AvgIpc) is 2.99. The fourth-order valence-corrected chi connectivity index (χ4v) is 4.29. The van der Waals surface area contributed by atoms with Crippen LogP contribution in [0.2, 0.25) is 0 Å². The average molecular weight is 430 g/mol. The molecule has 0 unspecified atom stereocenters. The summed E-state index contributed by atoms with van der Waals surface area (Å²) in [6.07, 6.45) is 3.54. The first-order chi connectivity index (χ1) is 14.8. The molecular formula is C23H31N3O5. The molecule has 168 valence electrons. The summed E-state index contributed by atoms with van der Waals surface area (Å²) in [5, 5.41) is 3.45. The Kier molecular flexibility index (Phi) is 6.97. The number of rotatable bonds is 7. The van der Waals surface area contributed by atoms with Gasteiger partial charge in [-0.3, -0.25) is 19.8 Å². The van der Waals surface area contributed by atoms with Gasteiger partial charge in [0.25, 0.3) is 11.8 Å². The van der Waals surface area contributed by atoms with Crippen molar-refractivity contribution in [2.45, 2.75) is 64.3 Å². The van der Waals surface area contributed by atoms with Gasteiger partial charge in [0.2, 0.25) is 0 Å². The van der Waals surface area contributed by atoms with Gasteiger partial charge >= 0.3 is 12.0 Å². The molecule has 1 aliphatic heterocycles. The zero-order chi connectivity index (χ0) is 22.6. The Labute approximate surface area is 182 Å². The van der Waals surface area contributed by atoms with Gasteiger partial charge in [-0.25, -0.2) is 4.79 Å². The maximum Gasteiger partial charge on any atom is 0.344 e. The normalized spacial score (nSPS) is 25.1. The van der Waals surface area contributed by atoms with Gasteiger partial charge in [-0.05, 0) is 43.1 Å². The summed E-state index contributed by atoms with van der Waals surface area (Å²) < 4.78 is 5.25. The van der Waals surface area contributed by atoms with E-state index in [4.69, 9.17) is 4.74 Å². The molecule has 1 saturated carbocycles. The SMILES string of the molecule is CC[C@@H](C)[C@H](C(=O)OCC(=O)NN1C(=O)NC2(CCC(C)CC2)C1=O)c1ccccc1. The molecule has 1 heterocycles. The van der Waals surface area contributed by atoms with Crippen molar-refractivity contribution in [1.82, 2.24) is 15.8 Å². The third-order valence-corrected chi connectivity index (χ3v) is 6.50. The van der Waals surface area contributed by atoms with E-state index in [2.05, 4.69) is 17.7 Å². The molecule has 1 spiro atoms. The lowest BCUT2D eigenvalue weighted by Crippen LogP contribution is -2.52. The first-order valence-corrected chi connectivity index (χ1v) is 10.9. The second kappa shape index (κ2) is 9.49. The number of hydrogen-bond donors (Lipinski definition) is 2. The number of carbonyl (C=O) groups excluding carboxylic acids is 4. The van der Waals surface area contributed by atoms with E-state index in [1.54, 1.807) is 0 Å². The number of ether oxygens (including phenoxy) is 1. The largest absolute Gasteiger partial charge is 0.455 e. The first-order valence-electron chi connectivity index (χ1n) is 10.9. The van der Waals surface area contributed by atoms with Gasteiger partial charge in [0.1, 0.15) is 5.54 Å². The Morgan fingerprint density at radius 2 is 1.87 bits per heavy atom. The molecule has 1 aliphatic carbocycles. The maximum absolute atomic E-state index is 12.8. The zero-order valence-corrected chi connectivity index (χ0v) is 18.3. The molecule has 2 aliphatic rings. The summed E-state index contributed by atoms with van der Waals surface area (Å²) in [5.74, 6) is -1.66. The monoisotopic (exact) mass is 429 g/mol. The number of esters is 1. The van der Waals surface area contributed by atoms with E-state index < -0.39 is 41.9 Å². The minimum atomic E-state index is -0.942. The molecule has 4 amide bonds. The van der Waals surface area contributed by atoms with Gasteiger partial charge in [0, 0.05) is 0 Å². The highest BCUT2D eigenvalue weighted by Gasteiger charge is 2.52. The van der Waals surface area contributed by atoms with E-state index in [0.29, 0.717) is 18.8 Å². The van der Waals surface area contributed by atoms with Crippen LogP contribution in [0.15, 0.2) is 30.3 Å². The molecule has 1 aromatic carbocycles. The highest BCUT2D eigenvalue weighted by Crippen LogP contribution is 2.35. The third kappa shape index (κ3) is 4.89.